The fourth-order valence-electron chi connectivity index (χ4n) is 1.85. The number of guanidine groups is 1. The number of nitrogens with two attached hydrogens (primary N) is 1. The number of hydrogen-bond donors (Lipinski definition) is 5. The molecular formula is C13H21N5S. The summed E-state index contributed by atoms with van der Waals surface area (Å²) in [5, 5.41) is 16.9. The quantitative estimate of drug-likeness (QED) is 0.252. The Morgan fingerprint density at radius 1 is 1.26 bits per heavy atom. The van der Waals surface area contributed by atoms with Crippen LogP contribution in [0.15, 0.2) is 12.1 Å². The summed E-state index contributed by atoms with van der Waals surface area (Å²) in [5.74, 6) is 0.147. The van der Waals surface area contributed by atoms with Gasteiger partial charge in [0, 0.05) is 18.4 Å². The second-order valence-corrected chi connectivity index (χ2v) is 4.53. The smallest absolute Gasteiger partial charge is 0.199 e. The van der Waals surface area contributed by atoms with Crippen LogP contribution in [-0.4, -0.2) is 18.1 Å². The van der Waals surface area contributed by atoms with Crippen molar-refractivity contribution in [1.29, 1.82) is 5.41 Å². The van der Waals surface area contributed by atoms with Gasteiger partial charge >= 0.3 is 0 Å². The van der Waals surface area contributed by atoms with Gasteiger partial charge in [-0.1, -0.05) is 13.8 Å². The van der Waals surface area contributed by atoms with Gasteiger partial charge in [0.25, 0.3) is 0 Å². The summed E-state index contributed by atoms with van der Waals surface area (Å²) in [7, 11) is 1.71. The van der Waals surface area contributed by atoms with E-state index in [-0.39, 0.29) is 5.96 Å². The Balaban J connectivity index is 2.98. The summed E-state index contributed by atoms with van der Waals surface area (Å²) in [6.45, 7) is 4.13. The van der Waals surface area contributed by atoms with E-state index >= 15 is 0 Å². The minimum atomic E-state index is 0.147. The van der Waals surface area contributed by atoms with Gasteiger partial charge in [-0.3, -0.25) is 5.41 Å². The van der Waals surface area contributed by atoms with E-state index in [0.29, 0.717) is 5.11 Å². The summed E-state index contributed by atoms with van der Waals surface area (Å²) >= 11 is 4.97. The zero-order valence-electron chi connectivity index (χ0n) is 11.6. The Morgan fingerprint density at radius 2 is 1.79 bits per heavy atom. The zero-order valence-corrected chi connectivity index (χ0v) is 12.4. The Labute approximate surface area is 119 Å². The number of thiocarbonyl (C=S) groups is 1. The lowest BCUT2D eigenvalue weighted by molar-refractivity contribution is 1.08. The molecule has 0 spiro atoms. The number of benzene rings is 1. The highest BCUT2D eigenvalue weighted by molar-refractivity contribution is 7.80. The first-order chi connectivity index (χ1) is 9.01. The van der Waals surface area contributed by atoms with Crippen molar-refractivity contribution in [2.75, 3.05) is 18.1 Å². The molecule has 0 unspecified atom stereocenters. The topological polar surface area (TPSA) is 86.0 Å². The minimum absolute atomic E-state index is 0.147. The monoisotopic (exact) mass is 279 g/mol. The Kier molecular flexibility index (Phi) is 5.57. The van der Waals surface area contributed by atoms with Crippen LogP contribution in [0.5, 0.6) is 0 Å². The molecule has 0 saturated heterocycles. The van der Waals surface area contributed by atoms with Crippen LogP contribution in [0.2, 0.25) is 0 Å². The molecule has 0 radical (unpaired) electrons. The van der Waals surface area contributed by atoms with Gasteiger partial charge < -0.3 is 21.7 Å². The molecule has 6 heteroatoms. The molecule has 1 rings (SSSR count). The highest BCUT2D eigenvalue weighted by Crippen LogP contribution is 2.25. The molecule has 1 aromatic rings. The second-order valence-electron chi connectivity index (χ2n) is 4.13. The van der Waals surface area contributed by atoms with Crippen molar-refractivity contribution in [3.05, 3.63) is 23.3 Å². The highest BCUT2D eigenvalue weighted by atomic mass is 32.1. The predicted molar refractivity (Wildman–Crippen MR) is 85.8 cm³/mol. The van der Waals surface area contributed by atoms with Crippen molar-refractivity contribution in [2.45, 2.75) is 26.7 Å². The van der Waals surface area contributed by atoms with E-state index in [1.54, 1.807) is 7.05 Å². The molecule has 104 valence electrons. The van der Waals surface area contributed by atoms with Gasteiger partial charge in [-0.2, -0.15) is 0 Å². The molecule has 1 aromatic carbocycles. The van der Waals surface area contributed by atoms with Gasteiger partial charge in [0.15, 0.2) is 11.1 Å². The van der Waals surface area contributed by atoms with E-state index in [4.69, 9.17) is 23.4 Å². The van der Waals surface area contributed by atoms with Crippen molar-refractivity contribution >= 4 is 34.7 Å². The third-order valence-electron chi connectivity index (χ3n) is 2.80. The van der Waals surface area contributed by atoms with Gasteiger partial charge in [0.2, 0.25) is 0 Å². The summed E-state index contributed by atoms with van der Waals surface area (Å²) in [5.41, 5.74) is 9.77. The SMILES string of the molecule is CCc1cc(N)cc(CC)c1NC(=N)NC(=S)NC. The van der Waals surface area contributed by atoms with Gasteiger partial charge in [0.1, 0.15) is 0 Å². The summed E-state index contributed by atoms with van der Waals surface area (Å²) in [6, 6.07) is 3.87. The number of aryl methyl sites for hydroxylation is 2. The molecular weight excluding hydrogens is 258 g/mol. The third kappa shape index (κ3) is 4.10. The highest BCUT2D eigenvalue weighted by Gasteiger charge is 2.10. The average molecular weight is 279 g/mol. The van der Waals surface area contributed by atoms with Crippen LogP contribution < -0.4 is 21.7 Å². The van der Waals surface area contributed by atoms with E-state index in [2.05, 4.69) is 29.8 Å². The first kappa shape index (κ1) is 15.2. The lowest BCUT2D eigenvalue weighted by atomic mass is 10.0. The maximum absolute atomic E-state index is 7.88. The molecule has 0 aromatic heterocycles. The number of anilines is 2. The molecule has 0 atom stereocenters. The maximum atomic E-state index is 7.88. The molecule has 0 saturated carbocycles. The van der Waals surface area contributed by atoms with Crippen LogP contribution >= 0.6 is 12.2 Å². The van der Waals surface area contributed by atoms with Crippen LogP contribution in [0.1, 0.15) is 25.0 Å². The van der Waals surface area contributed by atoms with E-state index in [1.807, 2.05) is 12.1 Å². The zero-order chi connectivity index (χ0) is 14.4. The van der Waals surface area contributed by atoms with Gasteiger partial charge in [-0.05, 0) is 48.3 Å². The molecule has 0 aliphatic heterocycles. The van der Waals surface area contributed by atoms with E-state index < -0.39 is 0 Å². The number of hydrogen-bond acceptors (Lipinski definition) is 3. The standard InChI is InChI=1S/C13H21N5S/c1-4-8-6-10(14)7-9(5-2)11(8)17-12(15)18-13(19)16-3/h6-7H,4-5,14H2,1-3H3,(H4,15,16,17,18,19). The Bertz CT molecular complexity index is 459. The normalized spacial score (nSPS) is 9.84. The lowest BCUT2D eigenvalue weighted by Crippen LogP contribution is -2.40. The van der Waals surface area contributed by atoms with Crippen molar-refractivity contribution in [3.63, 3.8) is 0 Å². The first-order valence-electron chi connectivity index (χ1n) is 6.27. The molecule has 0 bridgehead atoms. The number of rotatable bonds is 3. The number of nitrogen functional groups attached to an aromatic ring is 1. The fraction of sp³-hybridized carbons (Fsp3) is 0.385. The molecule has 0 aliphatic rings. The van der Waals surface area contributed by atoms with Crippen molar-refractivity contribution in [3.8, 4) is 0 Å². The Morgan fingerprint density at radius 3 is 2.21 bits per heavy atom. The van der Waals surface area contributed by atoms with Gasteiger partial charge in [-0.15, -0.1) is 0 Å². The lowest BCUT2D eigenvalue weighted by Gasteiger charge is -2.17. The summed E-state index contributed by atoms with van der Waals surface area (Å²) < 4.78 is 0. The summed E-state index contributed by atoms with van der Waals surface area (Å²) in [4.78, 5) is 0. The fourth-order valence-corrected chi connectivity index (χ4v) is 1.95. The van der Waals surface area contributed by atoms with E-state index in [0.717, 1.165) is 35.3 Å². The maximum Gasteiger partial charge on any atom is 0.199 e. The third-order valence-corrected chi connectivity index (χ3v) is 3.11. The number of nitrogens with one attached hydrogen (secondary N) is 4. The molecule has 6 N–H and O–H groups in total. The molecule has 0 amide bonds. The first-order valence-corrected chi connectivity index (χ1v) is 6.68. The average Bonchev–Trinajstić information content (AvgIpc) is 2.39. The van der Waals surface area contributed by atoms with Crippen molar-refractivity contribution in [1.82, 2.24) is 10.6 Å². The van der Waals surface area contributed by atoms with Crippen LogP contribution in [0.25, 0.3) is 0 Å². The van der Waals surface area contributed by atoms with Crippen LogP contribution in [0.3, 0.4) is 0 Å². The van der Waals surface area contributed by atoms with Gasteiger partial charge in [0.05, 0.1) is 0 Å². The van der Waals surface area contributed by atoms with Crippen LogP contribution in [0.4, 0.5) is 11.4 Å². The predicted octanol–water partition coefficient (Wildman–Crippen LogP) is 1.83. The van der Waals surface area contributed by atoms with Crippen LogP contribution in [0, 0.1) is 5.41 Å². The minimum Gasteiger partial charge on any atom is -0.399 e. The van der Waals surface area contributed by atoms with Crippen LogP contribution in [-0.2, 0) is 12.8 Å². The summed E-state index contributed by atoms with van der Waals surface area (Å²) in [6.07, 6.45) is 1.70. The molecule has 0 fully saturated rings. The second kappa shape index (κ2) is 6.94. The molecule has 19 heavy (non-hydrogen) atoms. The molecule has 0 aliphatic carbocycles. The van der Waals surface area contributed by atoms with Crippen molar-refractivity contribution in [2.24, 2.45) is 0 Å². The molecule has 0 heterocycles. The van der Waals surface area contributed by atoms with Gasteiger partial charge in [-0.25, -0.2) is 0 Å². The van der Waals surface area contributed by atoms with E-state index in [9.17, 15) is 0 Å². The molecule has 5 nitrogen and oxygen atoms in total. The Hall–Kier alpha value is -1.82. The van der Waals surface area contributed by atoms with Crippen molar-refractivity contribution < 1.29 is 0 Å². The largest absolute Gasteiger partial charge is 0.399 e. The van der Waals surface area contributed by atoms with E-state index in [1.165, 1.54) is 0 Å².